The number of carbonyl (C=O) groups excluding carboxylic acids is 3. The fourth-order valence-electron chi connectivity index (χ4n) is 2.87. The van der Waals surface area contributed by atoms with E-state index in [1.807, 2.05) is 6.92 Å². The molecule has 0 aliphatic heterocycles. The molecule has 1 unspecified atom stereocenters. The second-order valence-electron chi connectivity index (χ2n) is 7.31. The van der Waals surface area contributed by atoms with Crippen LogP contribution in [0.25, 0.3) is 0 Å². The predicted molar refractivity (Wildman–Crippen MR) is 117 cm³/mol. The van der Waals surface area contributed by atoms with Gasteiger partial charge in [0.2, 0.25) is 5.91 Å². The van der Waals surface area contributed by atoms with Gasteiger partial charge in [-0.3, -0.25) is 9.59 Å². The van der Waals surface area contributed by atoms with E-state index in [4.69, 9.17) is 0 Å². The number of aryl methyl sites for hydroxylation is 1. The molecule has 2 rings (SSSR count). The first-order valence-electron chi connectivity index (χ1n) is 10.4. The van der Waals surface area contributed by atoms with Crippen molar-refractivity contribution in [1.29, 1.82) is 0 Å². The van der Waals surface area contributed by atoms with Crippen LogP contribution in [0.3, 0.4) is 0 Å². The van der Waals surface area contributed by atoms with E-state index in [2.05, 4.69) is 21.3 Å². The van der Waals surface area contributed by atoms with Gasteiger partial charge in [-0.2, -0.15) is 0 Å². The summed E-state index contributed by atoms with van der Waals surface area (Å²) in [4.78, 5) is 36.6. The summed E-state index contributed by atoms with van der Waals surface area (Å²) in [5.41, 5.74) is 1.37. The first-order valence-corrected chi connectivity index (χ1v) is 10.4. The van der Waals surface area contributed by atoms with E-state index in [1.54, 1.807) is 19.1 Å². The van der Waals surface area contributed by atoms with Crippen LogP contribution in [0.15, 0.2) is 42.5 Å². The molecule has 7 nitrogen and oxygen atoms in total. The number of nitrogens with one attached hydrogen (secondary N) is 4. The fraction of sp³-hybridized carbons (Fsp3) is 0.348. The number of hydrogen-bond donors (Lipinski definition) is 4. The number of halogens is 2. The van der Waals surface area contributed by atoms with Crippen LogP contribution < -0.4 is 21.3 Å². The summed E-state index contributed by atoms with van der Waals surface area (Å²) < 4.78 is 26.5. The van der Waals surface area contributed by atoms with E-state index in [0.717, 1.165) is 11.6 Å². The molecule has 4 N–H and O–H groups in total. The molecular weight excluding hydrogens is 418 g/mol. The highest BCUT2D eigenvalue weighted by Crippen LogP contribution is 2.09. The van der Waals surface area contributed by atoms with Gasteiger partial charge in [0.05, 0.1) is 0 Å². The third-order valence-corrected chi connectivity index (χ3v) is 4.71. The van der Waals surface area contributed by atoms with Crippen molar-refractivity contribution >= 4 is 17.8 Å². The largest absolute Gasteiger partial charge is 0.353 e. The molecule has 172 valence electrons. The SMILES string of the molecule is CCCC(NC(=O)NCc1ccc(F)cc1)C(=O)NCCNC(=O)c1ccc(C)c(F)c1. The summed E-state index contributed by atoms with van der Waals surface area (Å²) in [6, 6.07) is 8.68. The van der Waals surface area contributed by atoms with E-state index in [9.17, 15) is 23.2 Å². The molecule has 0 spiro atoms. The molecular formula is C23H28F2N4O3. The Morgan fingerprint density at radius 3 is 2.28 bits per heavy atom. The van der Waals surface area contributed by atoms with Crippen LogP contribution in [0.4, 0.5) is 13.6 Å². The second kappa shape index (κ2) is 12.4. The Hall–Kier alpha value is -3.49. The Morgan fingerprint density at radius 1 is 0.938 bits per heavy atom. The number of urea groups is 1. The average molecular weight is 446 g/mol. The lowest BCUT2D eigenvalue weighted by Gasteiger charge is -2.18. The Bertz CT molecular complexity index is 935. The van der Waals surface area contributed by atoms with Gasteiger partial charge in [0.1, 0.15) is 17.7 Å². The maximum Gasteiger partial charge on any atom is 0.315 e. The zero-order valence-electron chi connectivity index (χ0n) is 18.1. The molecule has 0 bridgehead atoms. The Balaban J connectivity index is 1.75. The van der Waals surface area contributed by atoms with Crippen molar-refractivity contribution in [1.82, 2.24) is 21.3 Å². The van der Waals surface area contributed by atoms with Gasteiger partial charge in [0.15, 0.2) is 0 Å². The molecule has 0 aliphatic carbocycles. The Kier molecular flexibility index (Phi) is 9.59. The minimum atomic E-state index is -0.741. The Morgan fingerprint density at radius 2 is 1.62 bits per heavy atom. The minimum absolute atomic E-state index is 0.148. The van der Waals surface area contributed by atoms with Crippen LogP contribution in [-0.2, 0) is 11.3 Å². The highest BCUT2D eigenvalue weighted by Gasteiger charge is 2.19. The van der Waals surface area contributed by atoms with E-state index < -0.39 is 23.8 Å². The van der Waals surface area contributed by atoms with Crippen molar-refractivity contribution in [2.24, 2.45) is 0 Å². The van der Waals surface area contributed by atoms with Gasteiger partial charge in [-0.25, -0.2) is 13.6 Å². The molecule has 2 aromatic carbocycles. The smallest absolute Gasteiger partial charge is 0.315 e. The summed E-state index contributed by atoms with van der Waals surface area (Å²) in [5, 5.41) is 10.5. The molecule has 32 heavy (non-hydrogen) atoms. The Labute approximate surface area is 186 Å². The van der Waals surface area contributed by atoms with Crippen LogP contribution in [0.1, 0.15) is 41.3 Å². The molecule has 0 aromatic heterocycles. The molecule has 9 heteroatoms. The molecule has 2 aromatic rings. The lowest BCUT2D eigenvalue weighted by atomic mass is 10.1. The number of hydrogen-bond acceptors (Lipinski definition) is 3. The van der Waals surface area contributed by atoms with Gasteiger partial charge in [-0.15, -0.1) is 0 Å². The lowest BCUT2D eigenvalue weighted by Crippen LogP contribution is -2.50. The zero-order chi connectivity index (χ0) is 23.5. The summed E-state index contributed by atoms with van der Waals surface area (Å²) in [6.07, 6.45) is 1.11. The summed E-state index contributed by atoms with van der Waals surface area (Å²) >= 11 is 0. The number of amides is 4. The van der Waals surface area contributed by atoms with Crippen molar-refractivity contribution in [2.75, 3.05) is 13.1 Å². The van der Waals surface area contributed by atoms with E-state index in [1.165, 1.54) is 24.3 Å². The van der Waals surface area contributed by atoms with Crippen molar-refractivity contribution < 1.29 is 23.2 Å². The van der Waals surface area contributed by atoms with Crippen LogP contribution >= 0.6 is 0 Å². The van der Waals surface area contributed by atoms with Crippen molar-refractivity contribution in [3.63, 3.8) is 0 Å². The highest BCUT2D eigenvalue weighted by molar-refractivity contribution is 5.94. The third-order valence-electron chi connectivity index (χ3n) is 4.71. The first kappa shape index (κ1) is 24.8. The quantitative estimate of drug-likeness (QED) is 0.423. The molecule has 0 saturated carbocycles. The summed E-state index contributed by atoms with van der Waals surface area (Å²) in [5.74, 6) is -1.64. The highest BCUT2D eigenvalue weighted by atomic mass is 19.1. The number of rotatable bonds is 10. The standard InChI is InChI=1S/C23H28F2N4O3/c1-3-4-20(29-23(32)28-14-16-6-9-18(24)10-7-16)22(31)27-12-11-26-21(30)17-8-5-15(2)19(25)13-17/h5-10,13,20H,3-4,11-12,14H2,1-2H3,(H,26,30)(H,27,31)(H2,28,29,32). The fourth-order valence-corrected chi connectivity index (χ4v) is 2.87. The van der Waals surface area contributed by atoms with Gasteiger partial charge in [0.25, 0.3) is 5.91 Å². The molecule has 0 heterocycles. The van der Waals surface area contributed by atoms with Crippen LogP contribution in [0, 0.1) is 18.6 Å². The second-order valence-corrected chi connectivity index (χ2v) is 7.31. The summed E-state index contributed by atoms with van der Waals surface area (Å²) in [7, 11) is 0. The minimum Gasteiger partial charge on any atom is -0.353 e. The predicted octanol–water partition coefficient (Wildman–Crippen LogP) is 2.79. The first-order chi connectivity index (χ1) is 15.3. The molecule has 0 saturated heterocycles. The van der Waals surface area contributed by atoms with E-state index >= 15 is 0 Å². The van der Waals surface area contributed by atoms with Gasteiger partial charge in [-0.05, 0) is 48.7 Å². The number of carbonyl (C=O) groups is 3. The van der Waals surface area contributed by atoms with Gasteiger partial charge >= 0.3 is 6.03 Å². The normalized spacial score (nSPS) is 11.4. The third kappa shape index (κ3) is 7.98. The molecule has 1 atom stereocenters. The summed E-state index contributed by atoms with van der Waals surface area (Å²) in [6.45, 7) is 3.99. The van der Waals surface area contributed by atoms with E-state index in [-0.39, 0.29) is 36.9 Å². The lowest BCUT2D eigenvalue weighted by molar-refractivity contribution is -0.123. The monoisotopic (exact) mass is 446 g/mol. The van der Waals surface area contributed by atoms with Gasteiger partial charge in [-0.1, -0.05) is 31.5 Å². The molecule has 0 radical (unpaired) electrons. The van der Waals surface area contributed by atoms with Crippen LogP contribution in [0.2, 0.25) is 0 Å². The van der Waals surface area contributed by atoms with Crippen molar-refractivity contribution in [3.8, 4) is 0 Å². The molecule has 0 aliphatic rings. The number of benzene rings is 2. The molecule has 0 fully saturated rings. The molecule has 4 amide bonds. The van der Waals surface area contributed by atoms with Gasteiger partial charge in [0, 0.05) is 25.2 Å². The maximum atomic E-state index is 13.6. The average Bonchev–Trinajstić information content (AvgIpc) is 2.77. The topological polar surface area (TPSA) is 99.3 Å². The van der Waals surface area contributed by atoms with Gasteiger partial charge < -0.3 is 21.3 Å². The van der Waals surface area contributed by atoms with E-state index in [0.29, 0.717) is 18.4 Å². The zero-order valence-corrected chi connectivity index (χ0v) is 18.1. The maximum absolute atomic E-state index is 13.6. The van der Waals surface area contributed by atoms with Crippen molar-refractivity contribution in [2.45, 2.75) is 39.3 Å². The van der Waals surface area contributed by atoms with Crippen LogP contribution in [0.5, 0.6) is 0 Å². The van der Waals surface area contributed by atoms with Crippen LogP contribution in [-0.4, -0.2) is 37.0 Å². The van der Waals surface area contributed by atoms with Crippen molar-refractivity contribution in [3.05, 3.63) is 70.8 Å².